The van der Waals surface area contributed by atoms with Crippen LogP contribution in [0.4, 0.5) is 10.8 Å². The van der Waals surface area contributed by atoms with Crippen molar-refractivity contribution in [2.45, 2.75) is 4.34 Å². The van der Waals surface area contributed by atoms with Gasteiger partial charge in [0, 0.05) is 11.8 Å². The molecule has 0 aliphatic rings. The third-order valence-electron chi connectivity index (χ3n) is 2.05. The molecular formula is C10H10N4O3S2. The number of anilines is 1. The van der Waals surface area contributed by atoms with E-state index in [4.69, 9.17) is 10.5 Å². The maximum absolute atomic E-state index is 10.8. The van der Waals surface area contributed by atoms with Gasteiger partial charge in [-0.15, -0.1) is 10.2 Å². The Morgan fingerprint density at radius 2 is 2.21 bits per heavy atom. The summed E-state index contributed by atoms with van der Waals surface area (Å²) in [5.41, 5.74) is 5.42. The molecule has 0 fully saturated rings. The molecule has 0 unspecified atom stereocenters. The number of nitrogen functional groups attached to an aromatic ring is 1. The number of nitrogens with zero attached hydrogens (tertiary/aromatic N) is 3. The summed E-state index contributed by atoms with van der Waals surface area (Å²) in [7, 11) is 0. The number of thioether (sulfide) groups is 1. The van der Waals surface area contributed by atoms with Crippen molar-refractivity contribution in [1.82, 2.24) is 10.2 Å². The summed E-state index contributed by atoms with van der Waals surface area (Å²) in [5, 5.41) is 18.7. The second-order valence-corrected chi connectivity index (χ2v) is 5.68. The van der Waals surface area contributed by atoms with Crippen molar-refractivity contribution < 1.29 is 9.66 Å². The topological polar surface area (TPSA) is 104 Å². The minimum absolute atomic E-state index is 0.0346. The zero-order chi connectivity index (χ0) is 13.7. The molecule has 19 heavy (non-hydrogen) atoms. The minimum atomic E-state index is -0.464. The molecule has 0 atom stereocenters. The van der Waals surface area contributed by atoms with E-state index in [9.17, 15) is 10.1 Å². The molecule has 0 saturated carbocycles. The smallest absolute Gasteiger partial charge is 0.310 e. The van der Waals surface area contributed by atoms with Crippen molar-refractivity contribution in [3.05, 3.63) is 34.4 Å². The molecule has 0 aliphatic heterocycles. The third-order valence-corrected chi connectivity index (χ3v) is 3.90. The first-order valence-corrected chi connectivity index (χ1v) is 7.05. The number of nitro benzene ring substituents is 1. The van der Waals surface area contributed by atoms with Crippen molar-refractivity contribution in [2.24, 2.45) is 0 Å². The predicted molar refractivity (Wildman–Crippen MR) is 73.6 cm³/mol. The first kappa shape index (κ1) is 13.6. The number of ether oxygens (including phenoxy) is 1. The van der Waals surface area contributed by atoms with E-state index in [1.807, 2.05) is 0 Å². The van der Waals surface area contributed by atoms with Crippen LogP contribution in [0.3, 0.4) is 0 Å². The van der Waals surface area contributed by atoms with Gasteiger partial charge in [-0.2, -0.15) is 0 Å². The van der Waals surface area contributed by atoms with Gasteiger partial charge < -0.3 is 10.5 Å². The molecular weight excluding hydrogens is 288 g/mol. The van der Waals surface area contributed by atoms with Crippen LogP contribution < -0.4 is 10.5 Å². The number of rotatable bonds is 6. The Bertz CT molecular complexity index is 575. The number of hydrogen-bond donors (Lipinski definition) is 1. The zero-order valence-electron chi connectivity index (χ0n) is 9.68. The maximum atomic E-state index is 10.8. The van der Waals surface area contributed by atoms with E-state index in [-0.39, 0.29) is 11.4 Å². The summed E-state index contributed by atoms with van der Waals surface area (Å²) in [5.74, 6) is 0.880. The van der Waals surface area contributed by atoms with Crippen molar-refractivity contribution in [2.75, 3.05) is 18.1 Å². The van der Waals surface area contributed by atoms with Crippen molar-refractivity contribution in [3.8, 4) is 5.75 Å². The van der Waals surface area contributed by atoms with Gasteiger partial charge in [-0.1, -0.05) is 35.2 Å². The van der Waals surface area contributed by atoms with Gasteiger partial charge in [-0.25, -0.2) is 0 Å². The molecule has 2 rings (SSSR count). The molecule has 1 aromatic carbocycles. The second-order valence-electron chi connectivity index (χ2n) is 3.33. The number of aromatic nitrogens is 2. The number of para-hydroxylation sites is 2. The van der Waals surface area contributed by atoms with Crippen LogP contribution in [-0.4, -0.2) is 27.5 Å². The Labute approximate surface area is 116 Å². The standard InChI is InChI=1S/C10H10N4O3S2/c11-9-12-13-10(19-9)18-6-5-17-8-4-2-1-3-7(8)14(15)16/h1-4H,5-6H2,(H2,11,12). The van der Waals surface area contributed by atoms with Gasteiger partial charge in [0.1, 0.15) is 0 Å². The highest BCUT2D eigenvalue weighted by atomic mass is 32.2. The number of nitrogens with two attached hydrogens (primary N) is 1. The van der Waals surface area contributed by atoms with Gasteiger partial charge >= 0.3 is 5.69 Å². The highest BCUT2D eigenvalue weighted by Crippen LogP contribution is 2.27. The quantitative estimate of drug-likeness (QED) is 0.377. The van der Waals surface area contributed by atoms with Crippen LogP contribution in [0.5, 0.6) is 5.75 Å². The van der Waals surface area contributed by atoms with Gasteiger partial charge in [0.15, 0.2) is 10.1 Å². The first-order valence-electron chi connectivity index (χ1n) is 5.25. The van der Waals surface area contributed by atoms with E-state index in [1.54, 1.807) is 18.2 Å². The normalized spacial score (nSPS) is 10.3. The van der Waals surface area contributed by atoms with Crippen LogP contribution in [0.1, 0.15) is 0 Å². The summed E-state index contributed by atoms with van der Waals surface area (Å²) in [6, 6.07) is 6.28. The number of nitro groups is 1. The Kier molecular flexibility index (Phi) is 4.53. The fraction of sp³-hybridized carbons (Fsp3) is 0.200. The SMILES string of the molecule is Nc1nnc(SCCOc2ccccc2[N+](=O)[O-])s1. The van der Waals surface area contributed by atoms with Crippen molar-refractivity contribution in [3.63, 3.8) is 0 Å². The number of hydrogen-bond acceptors (Lipinski definition) is 8. The third kappa shape index (κ3) is 3.80. The molecule has 0 bridgehead atoms. The molecule has 0 aliphatic carbocycles. The molecule has 1 heterocycles. The maximum Gasteiger partial charge on any atom is 0.310 e. The van der Waals surface area contributed by atoms with Crippen LogP contribution in [-0.2, 0) is 0 Å². The summed E-state index contributed by atoms with van der Waals surface area (Å²) in [4.78, 5) is 10.3. The van der Waals surface area contributed by atoms with E-state index in [1.165, 1.54) is 29.2 Å². The Hall–Kier alpha value is -1.87. The Balaban J connectivity index is 1.84. The monoisotopic (exact) mass is 298 g/mol. The van der Waals surface area contributed by atoms with Crippen molar-refractivity contribution >= 4 is 33.9 Å². The van der Waals surface area contributed by atoms with Crippen LogP contribution in [0.25, 0.3) is 0 Å². The van der Waals surface area contributed by atoms with E-state index in [0.29, 0.717) is 17.5 Å². The van der Waals surface area contributed by atoms with E-state index >= 15 is 0 Å². The molecule has 2 N–H and O–H groups in total. The zero-order valence-corrected chi connectivity index (χ0v) is 11.3. The highest BCUT2D eigenvalue weighted by Gasteiger charge is 2.13. The van der Waals surface area contributed by atoms with Gasteiger partial charge in [-0.3, -0.25) is 10.1 Å². The average molecular weight is 298 g/mol. The van der Waals surface area contributed by atoms with Crippen LogP contribution in [0, 0.1) is 10.1 Å². The molecule has 0 spiro atoms. The second kappa shape index (κ2) is 6.34. The molecule has 0 amide bonds. The largest absolute Gasteiger partial charge is 0.486 e. The first-order chi connectivity index (χ1) is 9.16. The van der Waals surface area contributed by atoms with Gasteiger partial charge in [0.2, 0.25) is 5.13 Å². The van der Waals surface area contributed by atoms with Gasteiger partial charge in [0.25, 0.3) is 0 Å². The fourth-order valence-electron chi connectivity index (χ4n) is 1.29. The van der Waals surface area contributed by atoms with E-state index in [2.05, 4.69) is 10.2 Å². The molecule has 0 saturated heterocycles. The summed E-state index contributed by atoms with van der Waals surface area (Å²) in [6.07, 6.45) is 0. The molecule has 2 aromatic rings. The molecule has 0 radical (unpaired) electrons. The Morgan fingerprint density at radius 1 is 1.42 bits per heavy atom. The number of benzene rings is 1. The molecule has 1 aromatic heterocycles. The minimum Gasteiger partial charge on any atom is -0.486 e. The van der Waals surface area contributed by atoms with Crippen molar-refractivity contribution in [1.29, 1.82) is 0 Å². The average Bonchev–Trinajstić information content (AvgIpc) is 2.81. The molecule has 9 heteroatoms. The van der Waals surface area contributed by atoms with E-state index in [0.717, 1.165) is 4.34 Å². The van der Waals surface area contributed by atoms with Crippen LogP contribution in [0.2, 0.25) is 0 Å². The lowest BCUT2D eigenvalue weighted by molar-refractivity contribution is -0.385. The summed E-state index contributed by atoms with van der Waals surface area (Å²) in [6.45, 7) is 0.342. The molecule has 7 nitrogen and oxygen atoms in total. The van der Waals surface area contributed by atoms with Crippen LogP contribution >= 0.6 is 23.1 Å². The summed E-state index contributed by atoms with van der Waals surface area (Å²) >= 11 is 2.74. The van der Waals surface area contributed by atoms with Gasteiger partial charge in [0.05, 0.1) is 11.5 Å². The van der Waals surface area contributed by atoms with Crippen LogP contribution in [0.15, 0.2) is 28.6 Å². The predicted octanol–water partition coefficient (Wildman–Crippen LogP) is 2.20. The fourth-order valence-corrected chi connectivity index (χ4v) is 2.81. The van der Waals surface area contributed by atoms with Gasteiger partial charge in [-0.05, 0) is 6.07 Å². The lowest BCUT2D eigenvalue weighted by atomic mass is 10.3. The molecule has 100 valence electrons. The lowest BCUT2D eigenvalue weighted by Gasteiger charge is -2.05. The summed E-state index contributed by atoms with van der Waals surface area (Å²) < 4.78 is 6.14. The Morgan fingerprint density at radius 3 is 2.89 bits per heavy atom. The lowest BCUT2D eigenvalue weighted by Crippen LogP contribution is -2.02. The highest BCUT2D eigenvalue weighted by molar-refractivity contribution is 8.01. The van der Waals surface area contributed by atoms with E-state index < -0.39 is 4.92 Å².